The van der Waals surface area contributed by atoms with E-state index in [0.717, 1.165) is 41.9 Å². The summed E-state index contributed by atoms with van der Waals surface area (Å²) in [5.41, 5.74) is 1.33. The van der Waals surface area contributed by atoms with Crippen LogP contribution < -0.4 is 5.32 Å². The molecule has 1 spiro atoms. The molecule has 2 aliphatic heterocycles. The van der Waals surface area contributed by atoms with Gasteiger partial charge in [0.1, 0.15) is 11.7 Å². The minimum Gasteiger partial charge on any atom is -0.396 e. The molecule has 0 radical (unpaired) electrons. The van der Waals surface area contributed by atoms with Crippen LogP contribution in [0.2, 0.25) is 4.34 Å². The summed E-state index contributed by atoms with van der Waals surface area (Å²) in [7, 11) is 0. The van der Waals surface area contributed by atoms with Gasteiger partial charge in [0.15, 0.2) is 0 Å². The topological polar surface area (TPSA) is 92.4 Å². The van der Waals surface area contributed by atoms with Gasteiger partial charge in [-0.05, 0) is 31.7 Å². The third-order valence-corrected chi connectivity index (χ3v) is 7.22. The lowest BCUT2D eigenvalue weighted by atomic mass is 9.79. The van der Waals surface area contributed by atoms with Crippen molar-refractivity contribution in [2.45, 2.75) is 63.4 Å². The standard InChI is InChI=1S/C19H27ClN4O3S/c1-11(9-25)3-4-24-8-15(22-23-24)14-7-19(6-12(2)21-14)18-13(5-17(20)28-18)16(26)10-27-19/h5,8,11-12,14,16,21,25-26H,3-4,6-7,9-10H2,1-2H3/t11-,12+,14+,16-,19+/m1/s1. The van der Waals surface area contributed by atoms with Gasteiger partial charge >= 0.3 is 0 Å². The van der Waals surface area contributed by atoms with Crippen LogP contribution in [-0.4, -0.2) is 44.5 Å². The molecule has 4 heterocycles. The second-order valence-corrected chi connectivity index (χ2v) is 9.85. The molecular weight excluding hydrogens is 400 g/mol. The number of ether oxygens (including phenoxy) is 1. The van der Waals surface area contributed by atoms with Gasteiger partial charge in [0.2, 0.25) is 0 Å². The zero-order valence-corrected chi connectivity index (χ0v) is 17.7. The highest BCUT2D eigenvalue weighted by Gasteiger charge is 2.48. The molecule has 2 aromatic rings. The first kappa shape index (κ1) is 20.3. The van der Waals surface area contributed by atoms with E-state index in [4.69, 9.17) is 16.3 Å². The van der Waals surface area contributed by atoms with Crippen LogP contribution in [0, 0.1) is 5.92 Å². The average molecular weight is 427 g/mol. The number of aromatic nitrogens is 3. The van der Waals surface area contributed by atoms with Crippen LogP contribution in [0.3, 0.4) is 0 Å². The maximum atomic E-state index is 10.3. The summed E-state index contributed by atoms with van der Waals surface area (Å²) in [6.07, 6.45) is 3.76. The first-order valence-electron chi connectivity index (χ1n) is 9.79. The Morgan fingerprint density at radius 1 is 1.50 bits per heavy atom. The predicted octanol–water partition coefficient (Wildman–Crippen LogP) is 2.78. The molecule has 1 fully saturated rings. The Labute approximate surface area is 173 Å². The zero-order valence-electron chi connectivity index (χ0n) is 16.1. The van der Waals surface area contributed by atoms with E-state index in [1.54, 1.807) is 0 Å². The number of aliphatic hydroxyl groups excluding tert-OH is 2. The van der Waals surface area contributed by atoms with Crippen molar-refractivity contribution in [2.24, 2.45) is 5.92 Å². The number of nitrogens with one attached hydrogen (secondary N) is 1. The van der Waals surface area contributed by atoms with Crippen molar-refractivity contribution in [1.82, 2.24) is 20.3 Å². The van der Waals surface area contributed by atoms with Gasteiger partial charge in [-0.25, -0.2) is 0 Å². The molecule has 2 aromatic heterocycles. The number of thiophene rings is 1. The van der Waals surface area contributed by atoms with E-state index in [2.05, 4.69) is 22.6 Å². The van der Waals surface area contributed by atoms with Crippen LogP contribution in [0.4, 0.5) is 0 Å². The quantitative estimate of drug-likeness (QED) is 0.680. The van der Waals surface area contributed by atoms with E-state index in [-0.39, 0.29) is 31.2 Å². The lowest BCUT2D eigenvalue weighted by Crippen LogP contribution is -2.50. The summed E-state index contributed by atoms with van der Waals surface area (Å²) in [4.78, 5) is 1.04. The van der Waals surface area contributed by atoms with Gasteiger partial charge in [-0.15, -0.1) is 16.4 Å². The Bertz CT molecular complexity index is 828. The molecule has 0 unspecified atom stereocenters. The van der Waals surface area contributed by atoms with E-state index in [0.29, 0.717) is 4.34 Å². The van der Waals surface area contributed by atoms with E-state index in [1.165, 1.54) is 11.3 Å². The van der Waals surface area contributed by atoms with Crippen molar-refractivity contribution in [2.75, 3.05) is 13.2 Å². The molecule has 5 atom stereocenters. The molecule has 1 saturated heterocycles. The van der Waals surface area contributed by atoms with Crippen LogP contribution >= 0.6 is 22.9 Å². The maximum Gasteiger partial charge on any atom is 0.106 e. The second kappa shape index (κ2) is 8.01. The SMILES string of the molecule is C[C@@H](CO)CCn1cc([C@@H]2C[C@]3(C[C@H](C)N2)OC[C@@H](O)c2cc(Cl)sc23)nn1. The van der Waals surface area contributed by atoms with Crippen LogP contribution in [0.5, 0.6) is 0 Å². The van der Waals surface area contributed by atoms with Gasteiger partial charge in [0, 0.05) is 36.1 Å². The molecule has 0 amide bonds. The zero-order chi connectivity index (χ0) is 19.9. The largest absolute Gasteiger partial charge is 0.396 e. The number of aryl methyl sites for hydroxylation is 1. The highest BCUT2D eigenvalue weighted by Crippen LogP contribution is 2.51. The van der Waals surface area contributed by atoms with Crippen molar-refractivity contribution < 1.29 is 14.9 Å². The van der Waals surface area contributed by atoms with Crippen molar-refractivity contribution >= 4 is 22.9 Å². The Hall–Kier alpha value is -1.03. The molecular formula is C19H27ClN4O3S. The van der Waals surface area contributed by atoms with Gasteiger partial charge in [-0.2, -0.15) is 0 Å². The minimum atomic E-state index is -0.623. The minimum absolute atomic E-state index is 0.0109. The average Bonchev–Trinajstić information content (AvgIpc) is 3.30. The number of nitrogens with zero attached hydrogens (tertiary/aromatic N) is 3. The molecule has 0 saturated carbocycles. The summed E-state index contributed by atoms with van der Waals surface area (Å²) in [6.45, 7) is 5.36. The first-order chi connectivity index (χ1) is 13.4. The summed E-state index contributed by atoms with van der Waals surface area (Å²) < 4.78 is 8.78. The highest BCUT2D eigenvalue weighted by molar-refractivity contribution is 7.16. The molecule has 9 heteroatoms. The normalized spacial score (nSPS) is 31.1. The number of rotatable bonds is 5. The van der Waals surface area contributed by atoms with Crippen LogP contribution in [0.15, 0.2) is 12.3 Å². The molecule has 28 heavy (non-hydrogen) atoms. The lowest BCUT2D eigenvalue weighted by molar-refractivity contribution is -0.129. The van der Waals surface area contributed by atoms with Crippen molar-refractivity contribution in [1.29, 1.82) is 0 Å². The first-order valence-corrected chi connectivity index (χ1v) is 11.0. The lowest BCUT2D eigenvalue weighted by Gasteiger charge is -2.46. The van der Waals surface area contributed by atoms with Gasteiger partial charge in [-0.3, -0.25) is 4.68 Å². The number of fused-ring (bicyclic) bond motifs is 2. The fourth-order valence-electron chi connectivity index (χ4n) is 4.26. The Morgan fingerprint density at radius 2 is 2.32 bits per heavy atom. The number of aliphatic hydroxyl groups is 2. The Balaban J connectivity index is 1.56. The van der Waals surface area contributed by atoms with Gasteiger partial charge in [-0.1, -0.05) is 23.7 Å². The van der Waals surface area contributed by atoms with E-state index in [1.807, 2.05) is 23.9 Å². The summed E-state index contributed by atoms with van der Waals surface area (Å²) in [5.74, 6) is 0.243. The monoisotopic (exact) mass is 426 g/mol. The highest BCUT2D eigenvalue weighted by atomic mass is 35.5. The molecule has 4 rings (SSSR count). The van der Waals surface area contributed by atoms with Crippen molar-refractivity contribution in [3.63, 3.8) is 0 Å². The molecule has 0 aliphatic carbocycles. The molecule has 0 bridgehead atoms. The van der Waals surface area contributed by atoms with Crippen molar-refractivity contribution in [3.8, 4) is 0 Å². The van der Waals surface area contributed by atoms with Crippen LogP contribution in [-0.2, 0) is 16.9 Å². The van der Waals surface area contributed by atoms with E-state index < -0.39 is 11.7 Å². The van der Waals surface area contributed by atoms with E-state index in [9.17, 15) is 10.2 Å². The second-order valence-electron chi connectivity index (χ2n) is 8.17. The molecule has 3 N–H and O–H groups in total. The Kier molecular flexibility index (Phi) is 5.79. The third-order valence-electron chi connectivity index (χ3n) is 5.75. The summed E-state index contributed by atoms with van der Waals surface area (Å²) in [6, 6.07) is 2.11. The number of hydrogen-bond donors (Lipinski definition) is 3. The van der Waals surface area contributed by atoms with Gasteiger partial charge in [0.25, 0.3) is 0 Å². The number of piperidine rings is 1. The molecule has 154 valence electrons. The van der Waals surface area contributed by atoms with Gasteiger partial charge in [0.05, 0.1) is 28.9 Å². The third kappa shape index (κ3) is 3.86. The smallest absolute Gasteiger partial charge is 0.106 e. The molecule has 7 nitrogen and oxygen atoms in total. The Morgan fingerprint density at radius 3 is 3.11 bits per heavy atom. The fraction of sp³-hybridized carbons (Fsp3) is 0.684. The summed E-state index contributed by atoms with van der Waals surface area (Å²) in [5, 5.41) is 31.8. The number of hydrogen-bond acceptors (Lipinski definition) is 7. The fourth-order valence-corrected chi connectivity index (χ4v) is 5.71. The van der Waals surface area contributed by atoms with Gasteiger partial charge < -0.3 is 20.3 Å². The van der Waals surface area contributed by atoms with Crippen LogP contribution in [0.25, 0.3) is 0 Å². The molecule has 2 aliphatic rings. The summed E-state index contributed by atoms with van der Waals surface area (Å²) >= 11 is 7.78. The maximum absolute atomic E-state index is 10.3. The van der Waals surface area contributed by atoms with Crippen molar-refractivity contribution in [3.05, 3.63) is 32.7 Å². The molecule has 0 aromatic carbocycles. The van der Waals surface area contributed by atoms with E-state index >= 15 is 0 Å². The van der Waals surface area contributed by atoms with Crippen LogP contribution in [0.1, 0.15) is 61.4 Å². The number of halogens is 1. The predicted molar refractivity (Wildman–Crippen MR) is 107 cm³/mol.